The fraction of sp³-hybridized carbons (Fsp3) is 0.647. The summed E-state index contributed by atoms with van der Waals surface area (Å²) in [6.45, 7) is 9.49. The molecule has 0 radical (unpaired) electrons. The fourth-order valence-corrected chi connectivity index (χ4v) is 4.40. The van der Waals surface area contributed by atoms with Crippen molar-refractivity contribution >= 4 is 0 Å². The van der Waals surface area contributed by atoms with Gasteiger partial charge in [-0.1, -0.05) is 48.8 Å². The Hall–Kier alpha value is -0.780. The molecule has 3 aliphatic carbocycles. The number of allylic oxidation sites excluding steroid dienone is 6. The average molecular weight is 228 g/mol. The monoisotopic (exact) mass is 228 g/mol. The van der Waals surface area contributed by atoms with Gasteiger partial charge in [0, 0.05) is 0 Å². The Labute approximate surface area is 105 Å². The lowest BCUT2D eigenvalue weighted by atomic mass is 9.72. The Morgan fingerprint density at radius 1 is 1.24 bits per heavy atom. The van der Waals surface area contributed by atoms with Crippen LogP contribution in [0.1, 0.15) is 47.0 Å². The molecule has 0 aromatic rings. The van der Waals surface area contributed by atoms with E-state index in [2.05, 4.69) is 45.9 Å². The van der Waals surface area contributed by atoms with Crippen molar-refractivity contribution in [2.75, 3.05) is 0 Å². The molecule has 3 aliphatic rings. The molecule has 0 heteroatoms. The molecule has 3 atom stereocenters. The lowest BCUT2D eigenvalue weighted by molar-refractivity contribution is 0.255. The summed E-state index contributed by atoms with van der Waals surface area (Å²) in [5, 5.41) is 0. The van der Waals surface area contributed by atoms with E-state index in [0.29, 0.717) is 5.41 Å². The van der Waals surface area contributed by atoms with Crippen LogP contribution >= 0.6 is 0 Å². The number of rotatable bonds is 0. The van der Waals surface area contributed by atoms with Crippen LogP contribution in [0.2, 0.25) is 0 Å². The zero-order valence-electron chi connectivity index (χ0n) is 11.6. The smallest absolute Gasteiger partial charge is 0.00728 e. The molecule has 0 saturated heterocycles. The van der Waals surface area contributed by atoms with Gasteiger partial charge in [0.05, 0.1) is 0 Å². The minimum Gasteiger partial charge on any atom is -0.0813 e. The van der Waals surface area contributed by atoms with Gasteiger partial charge in [0.25, 0.3) is 0 Å². The molecule has 17 heavy (non-hydrogen) atoms. The molecule has 0 bridgehead atoms. The summed E-state index contributed by atoms with van der Waals surface area (Å²) in [5.41, 5.74) is 5.21. The van der Waals surface area contributed by atoms with E-state index >= 15 is 0 Å². The van der Waals surface area contributed by atoms with Crippen molar-refractivity contribution in [2.45, 2.75) is 47.0 Å². The van der Waals surface area contributed by atoms with Crippen molar-refractivity contribution in [3.8, 4) is 0 Å². The van der Waals surface area contributed by atoms with Gasteiger partial charge in [0.1, 0.15) is 0 Å². The van der Waals surface area contributed by atoms with Gasteiger partial charge in [-0.25, -0.2) is 0 Å². The third kappa shape index (κ3) is 1.57. The second-order valence-corrected chi connectivity index (χ2v) is 6.85. The molecule has 0 nitrogen and oxygen atoms in total. The van der Waals surface area contributed by atoms with Crippen LogP contribution in [0.4, 0.5) is 0 Å². The third-order valence-electron chi connectivity index (χ3n) is 5.37. The van der Waals surface area contributed by atoms with Gasteiger partial charge in [-0.15, -0.1) is 0 Å². The Kier molecular flexibility index (Phi) is 2.40. The van der Waals surface area contributed by atoms with Crippen LogP contribution in [0.5, 0.6) is 0 Å². The van der Waals surface area contributed by atoms with Crippen molar-refractivity contribution in [2.24, 2.45) is 23.2 Å². The van der Waals surface area contributed by atoms with Crippen molar-refractivity contribution in [3.05, 3.63) is 34.9 Å². The molecule has 0 aromatic heterocycles. The lowest BCUT2D eigenvalue weighted by Gasteiger charge is -2.32. The second kappa shape index (κ2) is 3.60. The molecule has 92 valence electrons. The molecule has 1 fully saturated rings. The van der Waals surface area contributed by atoms with Crippen molar-refractivity contribution in [3.63, 3.8) is 0 Å². The highest BCUT2D eigenvalue weighted by atomic mass is 14.5. The first kappa shape index (κ1) is 11.3. The third-order valence-corrected chi connectivity index (χ3v) is 5.37. The summed E-state index contributed by atoms with van der Waals surface area (Å²) in [7, 11) is 0. The van der Waals surface area contributed by atoms with E-state index in [0.717, 1.165) is 17.8 Å². The highest BCUT2D eigenvalue weighted by Crippen LogP contribution is 2.60. The van der Waals surface area contributed by atoms with Crippen LogP contribution in [0.3, 0.4) is 0 Å². The van der Waals surface area contributed by atoms with E-state index in [1.54, 1.807) is 11.1 Å². The van der Waals surface area contributed by atoms with Gasteiger partial charge < -0.3 is 0 Å². The molecular formula is C17H24. The molecule has 3 unspecified atom stereocenters. The van der Waals surface area contributed by atoms with Gasteiger partial charge in [0.15, 0.2) is 0 Å². The first-order chi connectivity index (χ1) is 8.00. The normalized spacial score (nSPS) is 38.8. The van der Waals surface area contributed by atoms with Crippen molar-refractivity contribution in [1.29, 1.82) is 0 Å². The summed E-state index contributed by atoms with van der Waals surface area (Å²) in [6.07, 6.45) is 11.5. The van der Waals surface area contributed by atoms with E-state index in [1.807, 2.05) is 0 Å². The van der Waals surface area contributed by atoms with Gasteiger partial charge in [0.2, 0.25) is 0 Å². The van der Waals surface area contributed by atoms with Crippen LogP contribution in [0.25, 0.3) is 0 Å². The molecule has 0 N–H and O–H groups in total. The van der Waals surface area contributed by atoms with Crippen molar-refractivity contribution < 1.29 is 0 Å². The maximum atomic E-state index is 2.59. The molecule has 0 heterocycles. The Morgan fingerprint density at radius 3 is 2.76 bits per heavy atom. The SMILES string of the molecule is CC1=CCC2C(=C1)C(C)(C)C1C=C(C)CCC21. The Morgan fingerprint density at radius 2 is 2.00 bits per heavy atom. The second-order valence-electron chi connectivity index (χ2n) is 6.85. The minimum absolute atomic E-state index is 0.381. The van der Waals surface area contributed by atoms with E-state index in [4.69, 9.17) is 0 Å². The first-order valence-electron chi connectivity index (χ1n) is 7.06. The highest BCUT2D eigenvalue weighted by Gasteiger charge is 2.51. The topological polar surface area (TPSA) is 0 Å². The molecule has 1 saturated carbocycles. The van der Waals surface area contributed by atoms with Crippen molar-refractivity contribution in [1.82, 2.24) is 0 Å². The molecule has 0 aliphatic heterocycles. The highest BCUT2D eigenvalue weighted by molar-refractivity contribution is 5.39. The summed E-state index contributed by atoms with van der Waals surface area (Å²) < 4.78 is 0. The van der Waals surface area contributed by atoms with Crippen LogP contribution < -0.4 is 0 Å². The number of hydrogen-bond acceptors (Lipinski definition) is 0. The quantitative estimate of drug-likeness (QED) is 0.518. The van der Waals surface area contributed by atoms with Gasteiger partial charge in [-0.05, 0) is 56.3 Å². The first-order valence-corrected chi connectivity index (χ1v) is 7.06. The zero-order valence-corrected chi connectivity index (χ0v) is 11.6. The largest absolute Gasteiger partial charge is 0.0813 e. The van der Waals surface area contributed by atoms with Crippen LogP contribution in [0, 0.1) is 23.2 Å². The Bertz CT molecular complexity index is 431. The minimum atomic E-state index is 0.381. The van der Waals surface area contributed by atoms with Crippen LogP contribution in [-0.4, -0.2) is 0 Å². The van der Waals surface area contributed by atoms with E-state index in [1.165, 1.54) is 24.8 Å². The van der Waals surface area contributed by atoms with Crippen LogP contribution in [-0.2, 0) is 0 Å². The summed E-state index contributed by atoms with van der Waals surface area (Å²) >= 11 is 0. The Balaban J connectivity index is 2.06. The molecule has 0 aromatic carbocycles. The predicted molar refractivity (Wildman–Crippen MR) is 73.7 cm³/mol. The molecule has 0 spiro atoms. The summed E-state index contributed by atoms with van der Waals surface area (Å²) in [5.74, 6) is 2.53. The fourth-order valence-electron chi connectivity index (χ4n) is 4.40. The maximum Gasteiger partial charge on any atom is -0.00728 e. The van der Waals surface area contributed by atoms with Gasteiger partial charge in [-0.2, -0.15) is 0 Å². The molecule has 0 amide bonds. The maximum absolute atomic E-state index is 2.59. The van der Waals surface area contributed by atoms with Gasteiger partial charge in [-0.3, -0.25) is 0 Å². The van der Waals surface area contributed by atoms with E-state index < -0.39 is 0 Å². The van der Waals surface area contributed by atoms with E-state index in [-0.39, 0.29) is 0 Å². The average Bonchev–Trinajstić information content (AvgIpc) is 2.49. The van der Waals surface area contributed by atoms with Crippen LogP contribution in [0.15, 0.2) is 34.9 Å². The molecular weight excluding hydrogens is 204 g/mol. The molecule has 3 rings (SSSR count). The predicted octanol–water partition coefficient (Wildman–Crippen LogP) is 4.89. The summed E-state index contributed by atoms with van der Waals surface area (Å²) in [4.78, 5) is 0. The number of hydrogen-bond donors (Lipinski definition) is 0. The number of fused-ring (bicyclic) bond motifs is 3. The van der Waals surface area contributed by atoms with Gasteiger partial charge >= 0.3 is 0 Å². The lowest BCUT2D eigenvalue weighted by Crippen LogP contribution is -2.24. The van der Waals surface area contributed by atoms with E-state index in [9.17, 15) is 0 Å². The standard InChI is InChI=1S/C17H24/c1-11-5-7-13-14-8-6-12(2)10-16(14)17(3,4)15(13)9-11/h5,9-10,13-14,16H,6-8H2,1-4H3. The zero-order chi connectivity index (χ0) is 12.2. The summed E-state index contributed by atoms with van der Waals surface area (Å²) in [6, 6.07) is 0.